The number of benzene rings is 2. The van der Waals surface area contributed by atoms with E-state index in [2.05, 4.69) is 0 Å². The first-order valence-electron chi connectivity index (χ1n) is 9.89. The number of esters is 1. The van der Waals surface area contributed by atoms with E-state index in [1.807, 2.05) is 0 Å². The van der Waals surface area contributed by atoms with Crippen LogP contribution in [0.15, 0.2) is 47.7 Å². The van der Waals surface area contributed by atoms with Crippen molar-refractivity contribution in [2.24, 2.45) is 0 Å². The number of methoxy groups -OCH3 is 3. The summed E-state index contributed by atoms with van der Waals surface area (Å²) in [6, 6.07) is 7.67. The fourth-order valence-electron chi connectivity index (χ4n) is 4.16. The summed E-state index contributed by atoms with van der Waals surface area (Å²) in [4.78, 5) is 27.0. The van der Waals surface area contributed by atoms with Gasteiger partial charge in [0.05, 0.1) is 38.2 Å². The zero-order valence-corrected chi connectivity index (χ0v) is 18.0. The maximum Gasteiger partial charge on any atom is 0.416 e. The van der Waals surface area contributed by atoms with Crippen molar-refractivity contribution in [1.29, 1.82) is 0 Å². The minimum absolute atomic E-state index is 0.0176. The Bertz CT molecular complexity index is 1130. The zero-order chi connectivity index (χ0) is 23.9. The number of carbonyl (C=O) groups excluding carboxylic acids is 2. The van der Waals surface area contributed by atoms with Crippen LogP contribution in [0.3, 0.4) is 0 Å². The van der Waals surface area contributed by atoms with Gasteiger partial charge in [-0.05, 0) is 35.9 Å². The number of hydrogen-bond donors (Lipinski definition) is 0. The third kappa shape index (κ3) is 3.85. The molecule has 4 rings (SSSR count). The van der Waals surface area contributed by atoms with E-state index in [1.165, 1.54) is 33.5 Å². The van der Waals surface area contributed by atoms with E-state index in [4.69, 9.17) is 18.9 Å². The summed E-state index contributed by atoms with van der Waals surface area (Å²) in [5.74, 6) is -0.766. The molecule has 10 heteroatoms. The molecule has 33 heavy (non-hydrogen) atoms. The van der Waals surface area contributed by atoms with E-state index in [1.54, 1.807) is 12.1 Å². The molecule has 0 unspecified atom stereocenters. The molecule has 2 aromatic carbocycles. The maximum atomic E-state index is 13.2. The lowest BCUT2D eigenvalue weighted by Gasteiger charge is -2.32. The van der Waals surface area contributed by atoms with Gasteiger partial charge in [0.1, 0.15) is 6.61 Å². The van der Waals surface area contributed by atoms with Gasteiger partial charge in [-0.3, -0.25) is 9.69 Å². The molecular formula is C23H20F3NO6. The Balaban J connectivity index is 1.84. The van der Waals surface area contributed by atoms with E-state index in [0.717, 1.165) is 17.0 Å². The van der Waals surface area contributed by atoms with Crippen molar-refractivity contribution in [3.05, 3.63) is 58.8 Å². The van der Waals surface area contributed by atoms with Gasteiger partial charge in [0.2, 0.25) is 11.7 Å². The van der Waals surface area contributed by atoms with Crippen molar-refractivity contribution in [3.8, 4) is 17.2 Å². The molecule has 1 amide bonds. The van der Waals surface area contributed by atoms with Gasteiger partial charge in [-0.15, -0.1) is 0 Å². The number of nitrogens with zero attached hydrogens (tertiary/aromatic N) is 1. The molecule has 0 radical (unpaired) electrons. The highest BCUT2D eigenvalue weighted by Gasteiger charge is 2.44. The van der Waals surface area contributed by atoms with Crippen molar-refractivity contribution >= 4 is 17.6 Å². The van der Waals surface area contributed by atoms with Gasteiger partial charge in [0.15, 0.2) is 11.5 Å². The summed E-state index contributed by atoms with van der Waals surface area (Å²) in [7, 11) is 4.33. The summed E-state index contributed by atoms with van der Waals surface area (Å²) >= 11 is 0. The SMILES string of the molecule is COc1cc([C@H]2CC(=O)N(c3cccc(C(F)(F)F)c3)C3=C2C(=O)OC3)cc(OC)c1OC. The van der Waals surface area contributed by atoms with Crippen LogP contribution in [0.1, 0.15) is 23.5 Å². The quantitative estimate of drug-likeness (QED) is 0.623. The Morgan fingerprint density at radius 1 is 1.00 bits per heavy atom. The molecule has 2 heterocycles. The Labute approximate surface area is 187 Å². The monoisotopic (exact) mass is 463 g/mol. The van der Waals surface area contributed by atoms with Gasteiger partial charge in [-0.1, -0.05) is 6.07 Å². The number of cyclic esters (lactones) is 1. The van der Waals surface area contributed by atoms with Gasteiger partial charge in [0, 0.05) is 18.0 Å². The average molecular weight is 463 g/mol. The minimum atomic E-state index is -4.58. The third-order valence-electron chi connectivity index (χ3n) is 5.64. The molecule has 0 saturated carbocycles. The summed E-state index contributed by atoms with van der Waals surface area (Å²) < 4.78 is 60.9. The third-order valence-corrected chi connectivity index (χ3v) is 5.64. The van der Waals surface area contributed by atoms with Crippen LogP contribution in [0.2, 0.25) is 0 Å². The van der Waals surface area contributed by atoms with E-state index in [0.29, 0.717) is 22.8 Å². The molecule has 0 fully saturated rings. The van der Waals surface area contributed by atoms with E-state index in [9.17, 15) is 22.8 Å². The van der Waals surface area contributed by atoms with Crippen molar-refractivity contribution in [2.75, 3.05) is 32.8 Å². The van der Waals surface area contributed by atoms with E-state index >= 15 is 0 Å². The molecule has 2 aromatic rings. The number of alkyl halides is 3. The van der Waals surface area contributed by atoms with Crippen LogP contribution in [0, 0.1) is 0 Å². The van der Waals surface area contributed by atoms with E-state index < -0.39 is 29.5 Å². The zero-order valence-electron chi connectivity index (χ0n) is 18.0. The summed E-state index contributed by atoms with van der Waals surface area (Å²) in [6.45, 7) is -0.225. The first-order valence-corrected chi connectivity index (χ1v) is 9.89. The summed E-state index contributed by atoms with van der Waals surface area (Å²) in [5.41, 5.74) is 0.0967. The van der Waals surface area contributed by atoms with Crippen LogP contribution in [0.4, 0.5) is 18.9 Å². The van der Waals surface area contributed by atoms with E-state index in [-0.39, 0.29) is 30.0 Å². The number of carbonyl (C=O) groups is 2. The van der Waals surface area contributed by atoms with Crippen molar-refractivity contribution in [1.82, 2.24) is 0 Å². The van der Waals surface area contributed by atoms with Gasteiger partial charge in [0.25, 0.3) is 0 Å². The Hall–Kier alpha value is -3.69. The molecule has 0 spiro atoms. The molecule has 0 N–H and O–H groups in total. The normalized spacial score (nSPS) is 18.2. The second kappa shape index (κ2) is 8.34. The van der Waals surface area contributed by atoms with Gasteiger partial charge in [-0.2, -0.15) is 13.2 Å². The molecule has 2 aliphatic rings. The van der Waals surface area contributed by atoms with Gasteiger partial charge < -0.3 is 18.9 Å². The molecule has 0 saturated heterocycles. The Kier molecular flexibility index (Phi) is 5.69. The van der Waals surface area contributed by atoms with Crippen LogP contribution < -0.4 is 19.1 Å². The molecule has 0 bridgehead atoms. The highest BCUT2D eigenvalue weighted by Crippen LogP contribution is 2.47. The first-order chi connectivity index (χ1) is 15.7. The highest BCUT2D eigenvalue weighted by atomic mass is 19.4. The first kappa shape index (κ1) is 22.5. The Morgan fingerprint density at radius 3 is 2.24 bits per heavy atom. The lowest BCUT2D eigenvalue weighted by molar-refractivity contribution is -0.138. The largest absolute Gasteiger partial charge is 0.493 e. The number of halogens is 3. The fraction of sp³-hybridized carbons (Fsp3) is 0.304. The predicted molar refractivity (Wildman–Crippen MR) is 110 cm³/mol. The van der Waals surface area contributed by atoms with Gasteiger partial charge in [-0.25, -0.2) is 4.79 Å². The smallest absolute Gasteiger partial charge is 0.416 e. The molecule has 1 atom stereocenters. The standard InChI is InChI=1S/C23H20F3NO6/c1-30-17-7-12(8-18(31-2)21(17)32-3)15-10-19(28)27(16-11-33-22(29)20(15)16)14-6-4-5-13(9-14)23(24,25)26/h4-9,15H,10-11H2,1-3H3/t15-/m1/s1. The molecular weight excluding hydrogens is 443 g/mol. The molecule has 0 aliphatic carbocycles. The Morgan fingerprint density at radius 2 is 1.67 bits per heavy atom. The fourth-order valence-corrected chi connectivity index (χ4v) is 4.16. The summed E-state index contributed by atoms with van der Waals surface area (Å²) in [5, 5.41) is 0. The number of rotatable bonds is 5. The predicted octanol–water partition coefficient (Wildman–Crippen LogP) is 4.06. The molecule has 174 valence electrons. The number of ether oxygens (including phenoxy) is 4. The van der Waals surface area contributed by atoms with Crippen LogP contribution in [-0.4, -0.2) is 39.8 Å². The van der Waals surface area contributed by atoms with Crippen molar-refractivity contribution < 1.29 is 41.7 Å². The van der Waals surface area contributed by atoms with Crippen LogP contribution in [-0.2, 0) is 20.5 Å². The molecule has 7 nitrogen and oxygen atoms in total. The second-order valence-electron chi connectivity index (χ2n) is 7.43. The lowest BCUT2D eigenvalue weighted by Crippen LogP contribution is -2.37. The van der Waals surface area contributed by atoms with Crippen molar-refractivity contribution in [3.63, 3.8) is 0 Å². The number of hydrogen-bond acceptors (Lipinski definition) is 6. The van der Waals surface area contributed by atoms with Crippen LogP contribution in [0.25, 0.3) is 0 Å². The van der Waals surface area contributed by atoms with Crippen LogP contribution in [0.5, 0.6) is 17.2 Å². The number of amides is 1. The lowest BCUT2D eigenvalue weighted by atomic mass is 9.83. The highest BCUT2D eigenvalue weighted by molar-refractivity contribution is 6.06. The van der Waals surface area contributed by atoms with Crippen molar-refractivity contribution in [2.45, 2.75) is 18.5 Å². The van der Waals surface area contributed by atoms with Crippen LogP contribution >= 0.6 is 0 Å². The number of anilines is 1. The summed E-state index contributed by atoms with van der Waals surface area (Å²) in [6.07, 6.45) is -4.74. The topological polar surface area (TPSA) is 74.3 Å². The van der Waals surface area contributed by atoms with Gasteiger partial charge >= 0.3 is 12.1 Å². The second-order valence-corrected chi connectivity index (χ2v) is 7.43. The molecule has 2 aliphatic heterocycles. The minimum Gasteiger partial charge on any atom is -0.493 e. The average Bonchev–Trinajstić information content (AvgIpc) is 3.18. The maximum absolute atomic E-state index is 13.2. The molecule has 0 aromatic heterocycles.